The molecule has 126 valence electrons. The van der Waals surface area contributed by atoms with E-state index in [0.717, 1.165) is 25.9 Å². The van der Waals surface area contributed by atoms with Gasteiger partial charge >= 0.3 is 7.32 Å². The third kappa shape index (κ3) is 4.80. The Bertz CT molecular complexity index is 474. The molecule has 1 aromatic heterocycles. The van der Waals surface area contributed by atoms with Gasteiger partial charge in [0, 0.05) is 13.1 Å². The van der Waals surface area contributed by atoms with Crippen molar-refractivity contribution in [2.24, 2.45) is 0 Å². The second kappa shape index (κ2) is 7.94. The molecular weight excluding hydrogens is 297 g/mol. The Morgan fingerprint density at radius 2 is 1.57 bits per heavy atom. The van der Waals surface area contributed by atoms with Crippen molar-refractivity contribution in [3.63, 3.8) is 0 Å². The molecule has 0 aromatic carbocycles. The van der Waals surface area contributed by atoms with E-state index in [-0.39, 0.29) is 5.75 Å². The van der Waals surface area contributed by atoms with Gasteiger partial charge in [0.1, 0.15) is 5.75 Å². The quantitative estimate of drug-likeness (QED) is 0.786. The summed E-state index contributed by atoms with van der Waals surface area (Å²) in [6.07, 6.45) is 12.1. The van der Waals surface area contributed by atoms with Crippen LogP contribution in [0.3, 0.4) is 0 Å². The van der Waals surface area contributed by atoms with Gasteiger partial charge in [-0.3, -0.25) is 0 Å². The summed E-state index contributed by atoms with van der Waals surface area (Å²) < 4.78 is 10.9. The molecule has 0 radical (unpaired) electrons. The maximum atomic E-state index is 8.74. The Balaban J connectivity index is 1.46. The fourth-order valence-corrected chi connectivity index (χ4v) is 3.32. The van der Waals surface area contributed by atoms with Crippen LogP contribution in [0.5, 0.6) is 5.75 Å². The van der Waals surface area contributed by atoms with Gasteiger partial charge in [0.15, 0.2) is 0 Å². The summed E-state index contributed by atoms with van der Waals surface area (Å²) in [7, 11) is -1.85. The van der Waals surface area contributed by atoms with Crippen LogP contribution in [0.4, 0.5) is 5.95 Å². The molecule has 0 spiro atoms. The van der Waals surface area contributed by atoms with E-state index in [1.807, 2.05) is 0 Å². The molecular formula is C15H24BN3O4. The zero-order valence-electron chi connectivity index (χ0n) is 13.3. The molecule has 0 atom stereocenters. The first-order valence-corrected chi connectivity index (χ1v) is 8.46. The highest BCUT2D eigenvalue weighted by Crippen LogP contribution is 2.25. The zero-order chi connectivity index (χ0) is 16.1. The van der Waals surface area contributed by atoms with E-state index < -0.39 is 7.32 Å². The number of hydrogen-bond acceptors (Lipinski definition) is 7. The second-order valence-corrected chi connectivity index (χ2v) is 6.25. The summed E-state index contributed by atoms with van der Waals surface area (Å²) in [6.45, 7) is 1.75. The molecule has 2 fully saturated rings. The number of nitrogens with zero attached hydrogens (tertiary/aromatic N) is 3. The first-order chi connectivity index (χ1) is 11.2. The largest absolute Gasteiger partial charge is 0.707 e. The van der Waals surface area contributed by atoms with E-state index in [0.29, 0.717) is 18.2 Å². The number of aromatic nitrogens is 2. The Kier molecular flexibility index (Phi) is 5.69. The lowest BCUT2D eigenvalue weighted by molar-refractivity contribution is -0.0396. The average Bonchev–Trinajstić information content (AvgIpc) is 2.57. The summed E-state index contributed by atoms with van der Waals surface area (Å²) in [4.78, 5) is 10.6. The second-order valence-electron chi connectivity index (χ2n) is 6.25. The lowest BCUT2D eigenvalue weighted by atomic mass is 9.97. The molecule has 2 heterocycles. The molecule has 1 saturated heterocycles. The molecule has 1 aliphatic carbocycles. The predicted molar refractivity (Wildman–Crippen MR) is 86.0 cm³/mol. The SMILES string of the molecule is OB(O)Oc1cnc(N2CCC(OC3CCCCC3)CC2)nc1. The summed E-state index contributed by atoms with van der Waals surface area (Å²) >= 11 is 0. The standard InChI is InChI=1S/C15H24BN3O4/c20-16(21)23-14-10-17-15(18-11-14)19-8-6-13(7-9-19)22-12-4-2-1-3-5-12/h10-13,20-21H,1-9H2. The van der Waals surface area contributed by atoms with Crippen LogP contribution >= 0.6 is 0 Å². The molecule has 8 heteroatoms. The third-order valence-electron chi connectivity index (χ3n) is 4.52. The first kappa shape index (κ1) is 16.5. The molecule has 1 aliphatic heterocycles. The fraction of sp³-hybridized carbons (Fsp3) is 0.733. The minimum Gasteiger partial charge on any atom is -0.509 e. The van der Waals surface area contributed by atoms with Crippen molar-refractivity contribution in [1.82, 2.24) is 9.97 Å². The van der Waals surface area contributed by atoms with Gasteiger partial charge in [0.05, 0.1) is 24.6 Å². The smallest absolute Gasteiger partial charge is 0.509 e. The molecule has 0 bridgehead atoms. The Labute approximate surface area is 136 Å². The van der Waals surface area contributed by atoms with Crippen LogP contribution in [0, 0.1) is 0 Å². The van der Waals surface area contributed by atoms with E-state index >= 15 is 0 Å². The van der Waals surface area contributed by atoms with Gasteiger partial charge in [-0.25, -0.2) is 9.97 Å². The van der Waals surface area contributed by atoms with Gasteiger partial charge in [0.25, 0.3) is 0 Å². The van der Waals surface area contributed by atoms with Crippen LogP contribution in [0.15, 0.2) is 12.4 Å². The minimum absolute atomic E-state index is 0.235. The molecule has 2 N–H and O–H groups in total. The average molecular weight is 321 g/mol. The Hall–Kier alpha value is -1.38. The van der Waals surface area contributed by atoms with Crippen molar-refractivity contribution in [2.45, 2.75) is 57.2 Å². The van der Waals surface area contributed by atoms with Gasteiger partial charge < -0.3 is 24.3 Å². The number of piperidine rings is 1. The highest BCUT2D eigenvalue weighted by molar-refractivity contribution is 6.33. The van der Waals surface area contributed by atoms with Crippen LogP contribution in [-0.2, 0) is 4.74 Å². The van der Waals surface area contributed by atoms with E-state index in [2.05, 4.69) is 14.9 Å². The Morgan fingerprint density at radius 1 is 0.957 bits per heavy atom. The maximum Gasteiger partial charge on any atom is 0.707 e. The van der Waals surface area contributed by atoms with E-state index in [1.165, 1.54) is 44.5 Å². The summed E-state index contributed by atoms with van der Waals surface area (Å²) in [5, 5.41) is 17.5. The molecule has 7 nitrogen and oxygen atoms in total. The van der Waals surface area contributed by atoms with E-state index in [9.17, 15) is 0 Å². The fourth-order valence-electron chi connectivity index (χ4n) is 3.32. The lowest BCUT2D eigenvalue weighted by Crippen LogP contribution is -2.39. The van der Waals surface area contributed by atoms with Crippen LogP contribution in [0.25, 0.3) is 0 Å². The van der Waals surface area contributed by atoms with Crippen molar-refractivity contribution in [3.05, 3.63) is 12.4 Å². The molecule has 23 heavy (non-hydrogen) atoms. The van der Waals surface area contributed by atoms with E-state index in [4.69, 9.17) is 19.4 Å². The van der Waals surface area contributed by atoms with E-state index in [1.54, 1.807) is 0 Å². The van der Waals surface area contributed by atoms with Gasteiger partial charge in [0.2, 0.25) is 5.95 Å². The van der Waals surface area contributed by atoms with Crippen LogP contribution in [0.2, 0.25) is 0 Å². The molecule has 0 amide bonds. The minimum atomic E-state index is -1.85. The summed E-state index contributed by atoms with van der Waals surface area (Å²) in [5.74, 6) is 0.875. The number of rotatable bonds is 5. The highest BCUT2D eigenvalue weighted by Gasteiger charge is 2.25. The zero-order valence-corrected chi connectivity index (χ0v) is 13.3. The molecule has 3 rings (SSSR count). The summed E-state index contributed by atoms with van der Waals surface area (Å²) in [6, 6.07) is 0. The third-order valence-corrected chi connectivity index (χ3v) is 4.52. The highest BCUT2D eigenvalue weighted by atomic mass is 16.6. The topological polar surface area (TPSA) is 87.9 Å². The lowest BCUT2D eigenvalue weighted by Gasteiger charge is -2.34. The predicted octanol–water partition coefficient (Wildman–Crippen LogP) is 1.14. The molecule has 2 aliphatic rings. The molecule has 1 saturated carbocycles. The van der Waals surface area contributed by atoms with Gasteiger partial charge in [-0.2, -0.15) is 0 Å². The van der Waals surface area contributed by atoms with Crippen molar-refractivity contribution >= 4 is 13.3 Å². The van der Waals surface area contributed by atoms with Crippen molar-refractivity contribution in [1.29, 1.82) is 0 Å². The maximum absolute atomic E-state index is 8.74. The number of hydrogen-bond donors (Lipinski definition) is 2. The summed E-state index contributed by atoms with van der Waals surface area (Å²) in [5.41, 5.74) is 0. The molecule has 1 aromatic rings. The molecule has 0 unspecified atom stereocenters. The van der Waals surface area contributed by atoms with Crippen LogP contribution in [0.1, 0.15) is 44.9 Å². The number of anilines is 1. The first-order valence-electron chi connectivity index (χ1n) is 8.46. The van der Waals surface area contributed by atoms with Gasteiger partial charge in [-0.05, 0) is 25.7 Å². The monoisotopic (exact) mass is 321 g/mol. The number of ether oxygens (including phenoxy) is 1. The van der Waals surface area contributed by atoms with Gasteiger partial charge in [-0.15, -0.1) is 0 Å². The van der Waals surface area contributed by atoms with Gasteiger partial charge in [-0.1, -0.05) is 19.3 Å². The Morgan fingerprint density at radius 3 is 2.17 bits per heavy atom. The van der Waals surface area contributed by atoms with Crippen LogP contribution in [-0.4, -0.2) is 52.6 Å². The van der Waals surface area contributed by atoms with Crippen molar-refractivity contribution in [3.8, 4) is 5.75 Å². The van der Waals surface area contributed by atoms with Crippen molar-refractivity contribution < 1.29 is 19.4 Å². The van der Waals surface area contributed by atoms with Crippen LogP contribution < -0.4 is 9.55 Å². The van der Waals surface area contributed by atoms with Crippen molar-refractivity contribution in [2.75, 3.05) is 18.0 Å². The normalized spacial score (nSPS) is 20.5.